The van der Waals surface area contributed by atoms with Gasteiger partial charge in [0.1, 0.15) is 0 Å². The van der Waals surface area contributed by atoms with Crippen LogP contribution in [0.5, 0.6) is 0 Å². The van der Waals surface area contributed by atoms with Crippen LogP contribution in [0, 0.1) is 0 Å². The SMILES string of the molecule is O=C(c1ccc(C2SCCCS2)cc1)N1CCC2CCC(C1)N2. The van der Waals surface area contributed by atoms with Gasteiger partial charge in [-0.3, -0.25) is 4.79 Å². The monoisotopic (exact) mass is 348 g/mol. The van der Waals surface area contributed by atoms with Crippen LogP contribution in [0.3, 0.4) is 0 Å². The molecular weight excluding hydrogens is 324 g/mol. The third kappa shape index (κ3) is 3.57. The van der Waals surface area contributed by atoms with Gasteiger partial charge >= 0.3 is 0 Å². The molecular formula is C18H24N2OS2. The molecule has 2 unspecified atom stereocenters. The Kier molecular flexibility index (Phi) is 4.88. The summed E-state index contributed by atoms with van der Waals surface area (Å²) in [5.74, 6) is 2.71. The van der Waals surface area contributed by atoms with Crippen molar-refractivity contribution in [2.75, 3.05) is 24.6 Å². The standard InChI is InChI=1S/C18H24N2OS2/c21-17(20-9-8-15-6-7-16(12-20)19-15)13-2-4-14(5-3-13)18-22-10-1-11-23-18/h2-5,15-16,18-19H,1,6-12H2. The first kappa shape index (κ1) is 15.9. The van der Waals surface area contributed by atoms with E-state index in [9.17, 15) is 4.79 Å². The summed E-state index contributed by atoms with van der Waals surface area (Å²) in [5.41, 5.74) is 2.20. The number of benzene rings is 1. The lowest BCUT2D eigenvalue weighted by molar-refractivity contribution is 0.0748. The maximum absolute atomic E-state index is 12.8. The van der Waals surface area contributed by atoms with E-state index < -0.39 is 0 Å². The first-order valence-electron chi connectivity index (χ1n) is 8.68. The minimum absolute atomic E-state index is 0.204. The summed E-state index contributed by atoms with van der Waals surface area (Å²) in [6.45, 7) is 1.76. The minimum atomic E-state index is 0.204. The molecule has 1 N–H and O–H groups in total. The van der Waals surface area contributed by atoms with Gasteiger partial charge in [-0.25, -0.2) is 0 Å². The number of likely N-dealkylation sites (tertiary alicyclic amines) is 1. The second-order valence-corrected chi connectivity index (χ2v) is 9.45. The topological polar surface area (TPSA) is 32.3 Å². The average Bonchev–Trinajstić information content (AvgIpc) is 2.94. The Labute approximate surface area is 147 Å². The number of carbonyl (C=O) groups excluding carboxylic acids is 1. The van der Waals surface area contributed by atoms with Crippen LogP contribution < -0.4 is 5.32 Å². The molecule has 3 saturated heterocycles. The second-order valence-electron chi connectivity index (χ2n) is 6.73. The third-order valence-electron chi connectivity index (χ3n) is 5.07. The van der Waals surface area contributed by atoms with Crippen LogP contribution in [0.4, 0.5) is 0 Å². The van der Waals surface area contributed by atoms with Crippen LogP contribution in [0.1, 0.15) is 46.2 Å². The molecule has 2 atom stereocenters. The minimum Gasteiger partial charge on any atom is -0.337 e. The van der Waals surface area contributed by atoms with Crippen LogP contribution in [0.15, 0.2) is 24.3 Å². The highest BCUT2D eigenvalue weighted by Crippen LogP contribution is 2.43. The maximum atomic E-state index is 12.8. The molecule has 3 fully saturated rings. The van der Waals surface area contributed by atoms with Gasteiger partial charge in [0, 0.05) is 30.7 Å². The normalized spacial score (nSPS) is 28.6. The van der Waals surface area contributed by atoms with E-state index in [4.69, 9.17) is 0 Å². The van der Waals surface area contributed by atoms with E-state index in [1.807, 2.05) is 35.7 Å². The molecule has 1 aromatic rings. The number of amides is 1. The van der Waals surface area contributed by atoms with Crippen LogP contribution in [-0.2, 0) is 0 Å². The fourth-order valence-electron chi connectivity index (χ4n) is 3.77. The Morgan fingerprint density at radius 2 is 1.78 bits per heavy atom. The second kappa shape index (κ2) is 7.08. The number of hydrogen-bond acceptors (Lipinski definition) is 4. The molecule has 3 nitrogen and oxygen atoms in total. The van der Waals surface area contributed by atoms with Gasteiger partial charge in [0.25, 0.3) is 5.91 Å². The first-order chi connectivity index (χ1) is 11.3. The molecule has 0 aliphatic carbocycles. The molecule has 3 heterocycles. The molecule has 3 aliphatic heterocycles. The van der Waals surface area contributed by atoms with Gasteiger partial charge in [-0.2, -0.15) is 0 Å². The van der Waals surface area contributed by atoms with E-state index in [1.54, 1.807) is 0 Å². The number of thioether (sulfide) groups is 2. The predicted octanol–water partition coefficient (Wildman–Crippen LogP) is 3.52. The van der Waals surface area contributed by atoms with Crippen LogP contribution in [0.25, 0.3) is 0 Å². The van der Waals surface area contributed by atoms with Crippen LogP contribution in [-0.4, -0.2) is 47.5 Å². The molecule has 0 aromatic heterocycles. The molecule has 0 spiro atoms. The first-order valence-corrected chi connectivity index (χ1v) is 10.8. The lowest BCUT2D eigenvalue weighted by Crippen LogP contribution is -2.39. The fourth-order valence-corrected chi connectivity index (χ4v) is 6.67. The molecule has 23 heavy (non-hydrogen) atoms. The summed E-state index contributed by atoms with van der Waals surface area (Å²) in [4.78, 5) is 14.9. The number of carbonyl (C=O) groups is 1. The Morgan fingerprint density at radius 1 is 1.04 bits per heavy atom. The van der Waals surface area contributed by atoms with Crippen molar-refractivity contribution in [1.82, 2.24) is 10.2 Å². The number of nitrogens with one attached hydrogen (secondary N) is 1. The average molecular weight is 349 g/mol. The lowest BCUT2D eigenvalue weighted by Gasteiger charge is -2.25. The predicted molar refractivity (Wildman–Crippen MR) is 99.2 cm³/mol. The fraction of sp³-hybridized carbons (Fsp3) is 0.611. The summed E-state index contributed by atoms with van der Waals surface area (Å²) < 4.78 is 0.547. The zero-order chi connectivity index (χ0) is 15.6. The molecule has 1 aromatic carbocycles. The summed E-state index contributed by atoms with van der Waals surface area (Å²) in [6.07, 6.45) is 4.89. The van der Waals surface area contributed by atoms with Gasteiger partial charge < -0.3 is 10.2 Å². The van der Waals surface area contributed by atoms with Crippen molar-refractivity contribution in [3.8, 4) is 0 Å². The Balaban J connectivity index is 1.43. The molecule has 0 saturated carbocycles. The van der Waals surface area contributed by atoms with Crippen molar-refractivity contribution in [2.45, 2.75) is 42.3 Å². The smallest absolute Gasteiger partial charge is 0.253 e. The van der Waals surface area contributed by atoms with Crippen LogP contribution >= 0.6 is 23.5 Å². The highest BCUT2D eigenvalue weighted by molar-refractivity contribution is 8.16. The van der Waals surface area contributed by atoms with Gasteiger partial charge in [0.05, 0.1) is 4.58 Å². The van der Waals surface area contributed by atoms with Crippen molar-refractivity contribution in [3.63, 3.8) is 0 Å². The van der Waals surface area contributed by atoms with Gasteiger partial charge in [-0.15, -0.1) is 23.5 Å². The van der Waals surface area contributed by atoms with Crippen LogP contribution in [0.2, 0.25) is 0 Å². The number of rotatable bonds is 2. The van der Waals surface area contributed by atoms with E-state index in [-0.39, 0.29) is 5.91 Å². The summed E-state index contributed by atoms with van der Waals surface area (Å²) in [7, 11) is 0. The highest BCUT2D eigenvalue weighted by Gasteiger charge is 2.31. The third-order valence-corrected chi connectivity index (χ3v) is 8.08. The molecule has 3 aliphatic rings. The maximum Gasteiger partial charge on any atom is 0.253 e. The molecule has 1 amide bonds. The van der Waals surface area contributed by atoms with Gasteiger partial charge in [-0.1, -0.05) is 12.1 Å². The summed E-state index contributed by atoms with van der Waals surface area (Å²) in [6, 6.07) is 9.51. The highest BCUT2D eigenvalue weighted by atomic mass is 32.2. The van der Waals surface area contributed by atoms with Crippen molar-refractivity contribution in [1.29, 1.82) is 0 Å². The van der Waals surface area contributed by atoms with Crippen molar-refractivity contribution < 1.29 is 4.79 Å². The van der Waals surface area contributed by atoms with E-state index in [0.29, 0.717) is 16.7 Å². The van der Waals surface area contributed by atoms with E-state index in [0.717, 1.165) is 25.1 Å². The van der Waals surface area contributed by atoms with E-state index in [2.05, 4.69) is 22.3 Å². The number of nitrogens with zero attached hydrogens (tertiary/aromatic N) is 1. The summed E-state index contributed by atoms with van der Waals surface area (Å²) >= 11 is 4.06. The van der Waals surface area contributed by atoms with Crippen molar-refractivity contribution in [2.24, 2.45) is 0 Å². The molecule has 5 heteroatoms. The molecule has 4 rings (SSSR count). The number of hydrogen-bond donors (Lipinski definition) is 1. The molecule has 124 valence electrons. The van der Waals surface area contributed by atoms with Gasteiger partial charge in [0.2, 0.25) is 0 Å². The summed E-state index contributed by atoms with van der Waals surface area (Å²) in [5, 5.41) is 3.64. The Morgan fingerprint density at radius 3 is 2.57 bits per heavy atom. The van der Waals surface area contributed by atoms with Gasteiger partial charge in [0.15, 0.2) is 0 Å². The largest absolute Gasteiger partial charge is 0.337 e. The lowest BCUT2D eigenvalue weighted by atomic mass is 10.1. The van der Waals surface area contributed by atoms with Crippen molar-refractivity contribution in [3.05, 3.63) is 35.4 Å². The Bertz CT molecular complexity index is 557. The zero-order valence-corrected chi connectivity index (χ0v) is 15.0. The Hall–Kier alpha value is -0.650. The molecule has 0 radical (unpaired) electrons. The zero-order valence-electron chi connectivity index (χ0n) is 13.4. The quantitative estimate of drug-likeness (QED) is 0.886. The number of fused-ring (bicyclic) bond motifs is 2. The molecule has 2 bridgehead atoms. The van der Waals surface area contributed by atoms with E-state index >= 15 is 0 Å². The van der Waals surface area contributed by atoms with Crippen molar-refractivity contribution >= 4 is 29.4 Å². The van der Waals surface area contributed by atoms with Gasteiger partial charge in [-0.05, 0) is 54.9 Å². The van der Waals surface area contributed by atoms with E-state index in [1.165, 1.54) is 36.3 Å².